The van der Waals surface area contributed by atoms with E-state index < -0.39 is 0 Å². The lowest BCUT2D eigenvalue weighted by atomic mass is 9.82. The summed E-state index contributed by atoms with van der Waals surface area (Å²) in [5, 5.41) is 0. The van der Waals surface area contributed by atoms with Crippen molar-refractivity contribution in [3.63, 3.8) is 0 Å². The predicted octanol–water partition coefficient (Wildman–Crippen LogP) is 4.29. The zero-order valence-corrected chi connectivity index (χ0v) is 12.9. The standard InChI is InChI=1S/C15H24ClNO/c1-6-7-15(4,10-16)8-13-12(3)14(18-5)11(2)9-17-13/h9H,6-8,10H2,1-5H3. The van der Waals surface area contributed by atoms with Crippen LogP contribution in [-0.2, 0) is 6.42 Å². The van der Waals surface area contributed by atoms with Crippen LogP contribution in [0.15, 0.2) is 6.20 Å². The summed E-state index contributed by atoms with van der Waals surface area (Å²) in [4.78, 5) is 4.56. The minimum absolute atomic E-state index is 0.119. The van der Waals surface area contributed by atoms with Crippen molar-refractivity contribution in [3.8, 4) is 5.75 Å². The third-order valence-electron chi connectivity index (χ3n) is 3.52. The average molecular weight is 270 g/mol. The van der Waals surface area contributed by atoms with E-state index in [9.17, 15) is 0 Å². The summed E-state index contributed by atoms with van der Waals surface area (Å²) in [7, 11) is 1.71. The second-order valence-electron chi connectivity index (χ2n) is 5.42. The first-order chi connectivity index (χ1) is 8.47. The van der Waals surface area contributed by atoms with E-state index in [2.05, 4.69) is 25.8 Å². The van der Waals surface area contributed by atoms with E-state index in [0.717, 1.165) is 41.8 Å². The third kappa shape index (κ3) is 3.38. The van der Waals surface area contributed by atoms with Gasteiger partial charge in [-0.3, -0.25) is 4.98 Å². The van der Waals surface area contributed by atoms with Crippen molar-refractivity contribution in [2.24, 2.45) is 5.41 Å². The Balaban J connectivity index is 3.04. The zero-order valence-electron chi connectivity index (χ0n) is 12.1. The molecule has 0 spiro atoms. The fraction of sp³-hybridized carbons (Fsp3) is 0.667. The van der Waals surface area contributed by atoms with Crippen molar-refractivity contribution in [1.29, 1.82) is 0 Å². The van der Waals surface area contributed by atoms with E-state index in [1.807, 2.05) is 13.1 Å². The van der Waals surface area contributed by atoms with Crippen molar-refractivity contribution in [2.75, 3.05) is 13.0 Å². The Morgan fingerprint density at radius 3 is 2.56 bits per heavy atom. The van der Waals surface area contributed by atoms with Crippen LogP contribution >= 0.6 is 11.6 Å². The van der Waals surface area contributed by atoms with Crippen LogP contribution in [0.3, 0.4) is 0 Å². The Hall–Kier alpha value is -0.760. The van der Waals surface area contributed by atoms with Gasteiger partial charge in [0.25, 0.3) is 0 Å². The molecule has 2 nitrogen and oxygen atoms in total. The Kier molecular flexibility index (Phi) is 5.46. The van der Waals surface area contributed by atoms with E-state index in [-0.39, 0.29) is 5.41 Å². The molecular weight excluding hydrogens is 246 g/mol. The molecule has 1 unspecified atom stereocenters. The summed E-state index contributed by atoms with van der Waals surface area (Å²) in [5.74, 6) is 1.62. The molecule has 0 aliphatic carbocycles. The van der Waals surface area contributed by atoms with Crippen molar-refractivity contribution >= 4 is 11.6 Å². The molecule has 1 atom stereocenters. The number of ether oxygens (including phenoxy) is 1. The summed E-state index contributed by atoms with van der Waals surface area (Å²) in [6.45, 7) is 8.53. The first-order valence-electron chi connectivity index (χ1n) is 6.52. The van der Waals surface area contributed by atoms with Crippen molar-refractivity contribution in [2.45, 2.75) is 47.0 Å². The normalized spacial score (nSPS) is 14.3. The number of nitrogens with zero attached hydrogens (tertiary/aromatic N) is 1. The van der Waals surface area contributed by atoms with Gasteiger partial charge >= 0.3 is 0 Å². The molecular formula is C15H24ClNO. The summed E-state index contributed by atoms with van der Waals surface area (Å²) in [6.07, 6.45) is 5.06. The van der Waals surface area contributed by atoms with Gasteiger partial charge in [-0.05, 0) is 32.1 Å². The van der Waals surface area contributed by atoms with Crippen LogP contribution in [0.5, 0.6) is 5.75 Å². The molecule has 0 saturated carbocycles. The lowest BCUT2D eigenvalue weighted by molar-refractivity contribution is 0.329. The molecule has 1 heterocycles. The first-order valence-corrected chi connectivity index (χ1v) is 7.06. The molecule has 1 aromatic heterocycles. The van der Waals surface area contributed by atoms with Crippen molar-refractivity contribution < 1.29 is 4.74 Å². The van der Waals surface area contributed by atoms with Crippen LogP contribution in [0, 0.1) is 19.3 Å². The minimum Gasteiger partial charge on any atom is -0.496 e. The summed E-state index contributed by atoms with van der Waals surface area (Å²) >= 11 is 6.14. The highest BCUT2D eigenvalue weighted by molar-refractivity contribution is 6.18. The van der Waals surface area contributed by atoms with Crippen LogP contribution in [-0.4, -0.2) is 18.0 Å². The average Bonchev–Trinajstić information content (AvgIpc) is 2.34. The molecule has 18 heavy (non-hydrogen) atoms. The lowest BCUT2D eigenvalue weighted by Crippen LogP contribution is -2.23. The van der Waals surface area contributed by atoms with Gasteiger partial charge in [0.15, 0.2) is 0 Å². The number of methoxy groups -OCH3 is 1. The molecule has 1 aromatic rings. The number of aryl methyl sites for hydroxylation is 1. The van der Waals surface area contributed by atoms with Gasteiger partial charge in [-0.25, -0.2) is 0 Å². The zero-order chi connectivity index (χ0) is 13.8. The Labute approximate surface area is 116 Å². The van der Waals surface area contributed by atoms with Gasteiger partial charge in [-0.15, -0.1) is 11.6 Å². The molecule has 0 bridgehead atoms. The number of hydrogen-bond donors (Lipinski definition) is 0. The number of hydrogen-bond acceptors (Lipinski definition) is 2. The minimum atomic E-state index is 0.119. The maximum atomic E-state index is 6.14. The van der Waals surface area contributed by atoms with E-state index in [1.54, 1.807) is 7.11 Å². The molecule has 102 valence electrons. The number of alkyl halides is 1. The lowest BCUT2D eigenvalue weighted by Gasteiger charge is -2.27. The second-order valence-corrected chi connectivity index (χ2v) is 5.68. The molecule has 0 amide bonds. The monoisotopic (exact) mass is 269 g/mol. The first kappa shape index (κ1) is 15.3. The molecule has 0 aromatic carbocycles. The second kappa shape index (κ2) is 6.42. The highest BCUT2D eigenvalue weighted by Gasteiger charge is 2.25. The van der Waals surface area contributed by atoms with Gasteiger partial charge in [0.2, 0.25) is 0 Å². The van der Waals surface area contributed by atoms with Gasteiger partial charge in [0.1, 0.15) is 5.75 Å². The van der Waals surface area contributed by atoms with Crippen LogP contribution in [0.4, 0.5) is 0 Å². The van der Waals surface area contributed by atoms with Gasteiger partial charge in [0, 0.05) is 28.9 Å². The topological polar surface area (TPSA) is 22.1 Å². The molecule has 0 N–H and O–H groups in total. The Morgan fingerprint density at radius 2 is 2.06 bits per heavy atom. The molecule has 3 heteroatoms. The van der Waals surface area contributed by atoms with E-state index >= 15 is 0 Å². The Bertz CT molecular complexity index is 406. The van der Waals surface area contributed by atoms with Crippen molar-refractivity contribution in [1.82, 2.24) is 4.98 Å². The SMILES string of the molecule is CCCC(C)(CCl)Cc1ncc(C)c(OC)c1C. The van der Waals surface area contributed by atoms with Gasteiger partial charge in [-0.2, -0.15) is 0 Å². The molecule has 0 aliphatic heterocycles. The summed E-state index contributed by atoms with van der Waals surface area (Å²) in [6, 6.07) is 0. The van der Waals surface area contributed by atoms with Crippen LogP contribution in [0.2, 0.25) is 0 Å². The highest BCUT2D eigenvalue weighted by Crippen LogP contribution is 2.33. The molecule has 0 fully saturated rings. The highest BCUT2D eigenvalue weighted by atomic mass is 35.5. The smallest absolute Gasteiger partial charge is 0.128 e. The molecule has 1 rings (SSSR count). The number of pyridine rings is 1. The van der Waals surface area contributed by atoms with Gasteiger partial charge < -0.3 is 4.74 Å². The number of rotatable bonds is 6. The van der Waals surface area contributed by atoms with Gasteiger partial charge in [-0.1, -0.05) is 20.3 Å². The maximum absolute atomic E-state index is 6.14. The molecule has 0 saturated heterocycles. The van der Waals surface area contributed by atoms with E-state index in [1.165, 1.54) is 0 Å². The van der Waals surface area contributed by atoms with E-state index in [4.69, 9.17) is 16.3 Å². The fourth-order valence-corrected chi connectivity index (χ4v) is 2.69. The van der Waals surface area contributed by atoms with Crippen molar-refractivity contribution in [3.05, 3.63) is 23.0 Å². The fourth-order valence-electron chi connectivity index (χ4n) is 2.46. The predicted molar refractivity (Wildman–Crippen MR) is 77.7 cm³/mol. The quantitative estimate of drug-likeness (QED) is 0.719. The Morgan fingerprint density at radius 1 is 1.39 bits per heavy atom. The summed E-state index contributed by atoms with van der Waals surface area (Å²) in [5.41, 5.74) is 3.45. The van der Waals surface area contributed by atoms with Crippen LogP contribution in [0.25, 0.3) is 0 Å². The number of halogens is 1. The van der Waals surface area contributed by atoms with Crippen LogP contribution in [0.1, 0.15) is 43.5 Å². The number of aromatic nitrogens is 1. The van der Waals surface area contributed by atoms with Gasteiger partial charge in [0.05, 0.1) is 7.11 Å². The largest absolute Gasteiger partial charge is 0.496 e. The summed E-state index contributed by atoms with van der Waals surface area (Å²) < 4.78 is 5.45. The third-order valence-corrected chi connectivity index (χ3v) is 4.17. The molecule has 0 radical (unpaired) electrons. The van der Waals surface area contributed by atoms with Crippen LogP contribution < -0.4 is 4.74 Å². The molecule has 0 aliphatic rings. The maximum Gasteiger partial charge on any atom is 0.128 e. The van der Waals surface area contributed by atoms with E-state index in [0.29, 0.717) is 5.88 Å².